The number of nitrogens with two attached hydrogens (primary N) is 1. The summed E-state index contributed by atoms with van der Waals surface area (Å²) in [7, 11) is 0. The second-order valence-corrected chi connectivity index (χ2v) is 6.67. The van der Waals surface area contributed by atoms with Gasteiger partial charge in [0.2, 0.25) is 5.91 Å². The van der Waals surface area contributed by atoms with Crippen LogP contribution in [0, 0.1) is 5.41 Å². The Kier molecular flexibility index (Phi) is 5.24. The van der Waals surface area contributed by atoms with Gasteiger partial charge in [-0.25, -0.2) is 0 Å². The van der Waals surface area contributed by atoms with Gasteiger partial charge in [-0.3, -0.25) is 9.59 Å². The Morgan fingerprint density at radius 2 is 1.62 bits per heavy atom. The zero-order chi connectivity index (χ0) is 17.7. The van der Waals surface area contributed by atoms with Gasteiger partial charge in [-0.15, -0.1) is 0 Å². The van der Waals surface area contributed by atoms with Crippen molar-refractivity contribution >= 4 is 23.2 Å². The molecule has 0 unspecified atom stereocenters. The third-order valence-electron chi connectivity index (χ3n) is 3.56. The molecule has 0 aliphatic carbocycles. The molecule has 2 rings (SSSR count). The molecule has 0 atom stereocenters. The van der Waals surface area contributed by atoms with E-state index in [2.05, 4.69) is 10.6 Å². The summed E-state index contributed by atoms with van der Waals surface area (Å²) in [5, 5.41) is 5.66. The van der Waals surface area contributed by atoms with Crippen molar-refractivity contribution in [3.8, 4) is 0 Å². The van der Waals surface area contributed by atoms with Crippen LogP contribution in [-0.2, 0) is 11.3 Å². The van der Waals surface area contributed by atoms with Gasteiger partial charge in [0.25, 0.3) is 5.91 Å². The summed E-state index contributed by atoms with van der Waals surface area (Å²) in [6, 6.07) is 14.2. The van der Waals surface area contributed by atoms with Crippen LogP contribution in [-0.4, -0.2) is 11.8 Å². The van der Waals surface area contributed by atoms with Crippen LogP contribution in [0.2, 0.25) is 0 Å². The molecule has 5 heteroatoms. The highest BCUT2D eigenvalue weighted by atomic mass is 16.2. The SMILES string of the molecule is CC(C)(C)C(=O)NCc1ccc(C(=O)Nc2ccccc2N)cc1. The fourth-order valence-electron chi connectivity index (χ4n) is 2.03. The Labute approximate surface area is 142 Å². The number of nitrogen functional groups attached to an aromatic ring is 1. The summed E-state index contributed by atoms with van der Waals surface area (Å²) in [5.41, 5.74) is 7.97. The summed E-state index contributed by atoms with van der Waals surface area (Å²) in [6.07, 6.45) is 0. The van der Waals surface area contributed by atoms with Crippen molar-refractivity contribution < 1.29 is 9.59 Å². The van der Waals surface area contributed by atoms with Crippen LogP contribution in [0.4, 0.5) is 11.4 Å². The molecule has 0 radical (unpaired) electrons. The largest absolute Gasteiger partial charge is 0.397 e. The minimum atomic E-state index is -0.421. The lowest BCUT2D eigenvalue weighted by molar-refractivity contribution is -0.128. The maximum atomic E-state index is 12.2. The summed E-state index contributed by atoms with van der Waals surface area (Å²) < 4.78 is 0. The Hall–Kier alpha value is -2.82. The van der Waals surface area contributed by atoms with E-state index in [-0.39, 0.29) is 11.8 Å². The Morgan fingerprint density at radius 3 is 2.21 bits per heavy atom. The maximum absolute atomic E-state index is 12.2. The average Bonchev–Trinajstić information content (AvgIpc) is 2.54. The second kappa shape index (κ2) is 7.17. The predicted molar refractivity (Wildman–Crippen MR) is 96.6 cm³/mol. The highest BCUT2D eigenvalue weighted by molar-refractivity contribution is 6.05. The number of para-hydroxylation sites is 2. The van der Waals surface area contributed by atoms with Crippen LogP contribution in [0.5, 0.6) is 0 Å². The Bertz CT molecular complexity index is 731. The Morgan fingerprint density at radius 1 is 1.00 bits per heavy atom. The van der Waals surface area contributed by atoms with Crippen molar-refractivity contribution in [3.63, 3.8) is 0 Å². The number of nitrogens with one attached hydrogen (secondary N) is 2. The van der Waals surface area contributed by atoms with Crippen molar-refractivity contribution in [3.05, 3.63) is 59.7 Å². The molecule has 0 aliphatic rings. The highest BCUT2D eigenvalue weighted by Gasteiger charge is 2.20. The standard InChI is InChI=1S/C19H23N3O2/c1-19(2,3)18(24)21-12-13-8-10-14(11-9-13)17(23)22-16-7-5-4-6-15(16)20/h4-11H,12,20H2,1-3H3,(H,21,24)(H,22,23). The molecule has 0 spiro atoms. The number of hydrogen-bond acceptors (Lipinski definition) is 3. The summed E-state index contributed by atoms with van der Waals surface area (Å²) >= 11 is 0. The zero-order valence-electron chi connectivity index (χ0n) is 14.2. The molecular weight excluding hydrogens is 302 g/mol. The summed E-state index contributed by atoms with van der Waals surface area (Å²) in [4.78, 5) is 24.1. The van der Waals surface area contributed by atoms with E-state index in [0.717, 1.165) is 5.56 Å². The van der Waals surface area contributed by atoms with Crippen LogP contribution in [0.1, 0.15) is 36.7 Å². The van der Waals surface area contributed by atoms with E-state index in [4.69, 9.17) is 5.73 Å². The molecular formula is C19H23N3O2. The predicted octanol–water partition coefficient (Wildman–Crippen LogP) is 3.18. The molecule has 0 bridgehead atoms. The minimum absolute atomic E-state index is 0.0103. The van der Waals surface area contributed by atoms with E-state index in [0.29, 0.717) is 23.5 Å². The first kappa shape index (κ1) is 17.5. The lowest BCUT2D eigenvalue weighted by Crippen LogP contribution is -2.34. The lowest BCUT2D eigenvalue weighted by atomic mass is 9.95. The van der Waals surface area contributed by atoms with Crippen molar-refractivity contribution in [1.29, 1.82) is 0 Å². The first-order chi connectivity index (χ1) is 11.3. The first-order valence-electron chi connectivity index (χ1n) is 7.80. The fraction of sp³-hybridized carbons (Fsp3) is 0.263. The normalized spacial score (nSPS) is 11.0. The van der Waals surface area contributed by atoms with Crippen LogP contribution < -0.4 is 16.4 Å². The van der Waals surface area contributed by atoms with Gasteiger partial charge in [0.15, 0.2) is 0 Å². The van der Waals surface area contributed by atoms with Crippen molar-refractivity contribution in [2.24, 2.45) is 5.41 Å². The fourth-order valence-corrected chi connectivity index (χ4v) is 2.03. The summed E-state index contributed by atoms with van der Waals surface area (Å²) in [6.45, 7) is 6.03. The zero-order valence-corrected chi connectivity index (χ0v) is 14.2. The number of benzene rings is 2. The van der Waals surface area contributed by atoms with Gasteiger partial charge in [0.05, 0.1) is 11.4 Å². The van der Waals surface area contributed by atoms with Gasteiger partial charge in [0.1, 0.15) is 0 Å². The van der Waals surface area contributed by atoms with Gasteiger partial charge in [0, 0.05) is 17.5 Å². The molecule has 2 aromatic rings. The van der Waals surface area contributed by atoms with E-state index >= 15 is 0 Å². The first-order valence-corrected chi connectivity index (χ1v) is 7.80. The van der Waals surface area contributed by atoms with Gasteiger partial charge < -0.3 is 16.4 Å². The third kappa shape index (κ3) is 4.59. The van der Waals surface area contributed by atoms with Crippen LogP contribution >= 0.6 is 0 Å². The summed E-state index contributed by atoms with van der Waals surface area (Å²) in [5.74, 6) is -0.234. The molecule has 0 aliphatic heterocycles. The Balaban J connectivity index is 1.98. The van der Waals surface area contributed by atoms with Gasteiger partial charge in [-0.2, -0.15) is 0 Å². The maximum Gasteiger partial charge on any atom is 0.255 e. The van der Waals surface area contributed by atoms with Crippen LogP contribution in [0.3, 0.4) is 0 Å². The van der Waals surface area contributed by atoms with E-state index in [1.54, 1.807) is 24.3 Å². The number of anilines is 2. The minimum Gasteiger partial charge on any atom is -0.397 e. The van der Waals surface area contributed by atoms with E-state index < -0.39 is 5.41 Å². The van der Waals surface area contributed by atoms with E-state index in [9.17, 15) is 9.59 Å². The monoisotopic (exact) mass is 325 g/mol. The van der Waals surface area contributed by atoms with Crippen LogP contribution in [0.25, 0.3) is 0 Å². The molecule has 0 fully saturated rings. The molecule has 0 heterocycles. The smallest absolute Gasteiger partial charge is 0.255 e. The van der Waals surface area contributed by atoms with Gasteiger partial charge in [-0.05, 0) is 29.8 Å². The van der Waals surface area contributed by atoms with Crippen LogP contribution in [0.15, 0.2) is 48.5 Å². The third-order valence-corrected chi connectivity index (χ3v) is 3.56. The number of carbonyl (C=O) groups is 2. The average molecular weight is 325 g/mol. The molecule has 2 aromatic carbocycles. The van der Waals surface area contributed by atoms with Gasteiger partial charge in [-0.1, -0.05) is 45.0 Å². The van der Waals surface area contributed by atoms with Crippen molar-refractivity contribution in [2.45, 2.75) is 27.3 Å². The number of hydrogen-bond donors (Lipinski definition) is 3. The molecule has 2 amide bonds. The molecule has 24 heavy (non-hydrogen) atoms. The number of amides is 2. The molecule has 0 aromatic heterocycles. The van der Waals surface area contributed by atoms with E-state index in [1.165, 1.54) is 0 Å². The molecule has 5 nitrogen and oxygen atoms in total. The number of carbonyl (C=O) groups excluding carboxylic acids is 2. The quantitative estimate of drug-likeness (QED) is 0.755. The van der Waals surface area contributed by atoms with Crippen molar-refractivity contribution in [2.75, 3.05) is 11.1 Å². The molecule has 4 N–H and O–H groups in total. The van der Waals surface area contributed by atoms with Crippen molar-refractivity contribution in [1.82, 2.24) is 5.32 Å². The van der Waals surface area contributed by atoms with Gasteiger partial charge >= 0.3 is 0 Å². The second-order valence-electron chi connectivity index (χ2n) is 6.67. The number of rotatable bonds is 4. The van der Waals surface area contributed by atoms with E-state index in [1.807, 2.05) is 45.0 Å². The molecule has 126 valence electrons. The molecule has 0 saturated heterocycles. The molecule has 0 saturated carbocycles. The topological polar surface area (TPSA) is 84.2 Å². The highest BCUT2D eigenvalue weighted by Crippen LogP contribution is 2.18. The lowest BCUT2D eigenvalue weighted by Gasteiger charge is -2.17.